The minimum Gasteiger partial charge on any atom is -0.377 e. The van der Waals surface area contributed by atoms with Gasteiger partial charge >= 0.3 is 0 Å². The molecule has 6 heteroatoms. The molecule has 1 heterocycles. The molecule has 0 unspecified atom stereocenters. The lowest BCUT2D eigenvalue weighted by Gasteiger charge is -2.24. The van der Waals surface area contributed by atoms with Crippen molar-refractivity contribution in [3.05, 3.63) is 48.3 Å². The second-order valence-corrected chi connectivity index (χ2v) is 5.86. The van der Waals surface area contributed by atoms with Gasteiger partial charge < -0.3 is 15.4 Å². The molecule has 0 aliphatic rings. The molecule has 0 aliphatic carbocycles. The molecule has 2 N–H and O–H groups in total. The van der Waals surface area contributed by atoms with Crippen LogP contribution in [0.3, 0.4) is 0 Å². The highest BCUT2D eigenvalue weighted by Crippen LogP contribution is 2.08. The number of hydrogen-bond acceptors (Lipinski definition) is 3. The summed E-state index contributed by atoms with van der Waals surface area (Å²) < 4.78 is 7.23. The van der Waals surface area contributed by atoms with Crippen LogP contribution in [0.25, 0.3) is 5.69 Å². The Morgan fingerprint density at radius 2 is 2.00 bits per heavy atom. The molecule has 0 amide bonds. The summed E-state index contributed by atoms with van der Waals surface area (Å²) in [6.07, 6.45) is 3.70. The number of benzene rings is 1. The van der Waals surface area contributed by atoms with Gasteiger partial charge in [0.05, 0.1) is 11.3 Å². The van der Waals surface area contributed by atoms with Crippen molar-refractivity contribution < 1.29 is 4.74 Å². The zero-order valence-electron chi connectivity index (χ0n) is 14.2. The van der Waals surface area contributed by atoms with E-state index in [4.69, 9.17) is 4.74 Å². The second-order valence-electron chi connectivity index (χ2n) is 5.86. The highest BCUT2D eigenvalue weighted by atomic mass is 16.5. The van der Waals surface area contributed by atoms with E-state index in [1.54, 1.807) is 20.4 Å². The average molecular weight is 315 g/mol. The van der Waals surface area contributed by atoms with Crippen LogP contribution in [0.1, 0.15) is 19.4 Å². The van der Waals surface area contributed by atoms with E-state index in [9.17, 15) is 0 Å². The normalized spacial score (nSPS) is 12.3. The van der Waals surface area contributed by atoms with E-state index in [2.05, 4.69) is 32.9 Å². The first-order valence-corrected chi connectivity index (χ1v) is 7.63. The third-order valence-corrected chi connectivity index (χ3v) is 3.62. The molecule has 2 aromatic rings. The zero-order chi connectivity index (χ0) is 16.7. The molecular weight excluding hydrogens is 290 g/mol. The van der Waals surface area contributed by atoms with E-state index in [0.717, 1.165) is 11.6 Å². The van der Waals surface area contributed by atoms with Crippen LogP contribution in [-0.4, -0.2) is 42.0 Å². The number of nitrogens with one attached hydrogen (secondary N) is 2. The number of hydrogen-bond donors (Lipinski definition) is 2. The molecule has 1 aromatic heterocycles. The van der Waals surface area contributed by atoms with Gasteiger partial charge in [0.2, 0.25) is 0 Å². The van der Waals surface area contributed by atoms with Gasteiger partial charge in [-0.15, -0.1) is 0 Å². The van der Waals surface area contributed by atoms with Crippen LogP contribution in [0.15, 0.2) is 47.7 Å². The molecule has 0 bridgehead atoms. The fourth-order valence-electron chi connectivity index (χ4n) is 1.96. The zero-order valence-corrected chi connectivity index (χ0v) is 14.2. The summed E-state index contributed by atoms with van der Waals surface area (Å²) in [7, 11) is 3.47. The van der Waals surface area contributed by atoms with Gasteiger partial charge in [-0.1, -0.05) is 12.1 Å². The summed E-state index contributed by atoms with van der Waals surface area (Å²) in [5.41, 5.74) is 1.99. The van der Waals surface area contributed by atoms with Crippen LogP contribution in [0.4, 0.5) is 0 Å². The number of methoxy groups -OCH3 is 1. The van der Waals surface area contributed by atoms with Crippen LogP contribution in [0.5, 0.6) is 0 Å². The number of aliphatic imine (C=N–C) groups is 1. The van der Waals surface area contributed by atoms with Crippen molar-refractivity contribution in [3.63, 3.8) is 0 Å². The monoisotopic (exact) mass is 315 g/mol. The van der Waals surface area contributed by atoms with Gasteiger partial charge in [0.15, 0.2) is 5.96 Å². The fourth-order valence-corrected chi connectivity index (χ4v) is 1.96. The molecule has 0 radical (unpaired) electrons. The molecule has 6 nitrogen and oxygen atoms in total. The predicted molar refractivity (Wildman–Crippen MR) is 92.9 cm³/mol. The second kappa shape index (κ2) is 7.78. The number of guanidine groups is 1. The number of aromatic nitrogens is 2. The number of nitrogens with zero attached hydrogens (tertiary/aromatic N) is 3. The SMILES string of the molecule is CN=C(NCc1ccc(-n2cccn2)cc1)NCC(C)(C)OC. The summed E-state index contributed by atoms with van der Waals surface area (Å²) >= 11 is 0. The van der Waals surface area contributed by atoms with E-state index in [0.29, 0.717) is 13.1 Å². The predicted octanol–water partition coefficient (Wildman–Crippen LogP) is 1.96. The maximum atomic E-state index is 5.39. The van der Waals surface area contributed by atoms with E-state index in [1.165, 1.54) is 5.56 Å². The Morgan fingerprint density at radius 1 is 1.26 bits per heavy atom. The van der Waals surface area contributed by atoms with Crippen molar-refractivity contribution >= 4 is 5.96 Å². The molecule has 0 atom stereocenters. The first kappa shape index (κ1) is 17.0. The van der Waals surface area contributed by atoms with E-state index < -0.39 is 0 Å². The Bertz CT molecular complexity index is 617. The Labute approximate surface area is 137 Å². The lowest BCUT2D eigenvalue weighted by molar-refractivity contribution is 0.0268. The summed E-state index contributed by atoms with van der Waals surface area (Å²) in [5, 5.41) is 10.8. The van der Waals surface area contributed by atoms with Crippen LogP contribution < -0.4 is 10.6 Å². The minimum atomic E-state index is -0.233. The molecule has 124 valence electrons. The van der Waals surface area contributed by atoms with Gasteiger partial charge in [-0.05, 0) is 37.6 Å². The third-order valence-electron chi connectivity index (χ3n) is 3.62. The van der Waals surface area contributed by atoms with Crippen LogP contribution in [0.2, 0.25) is 0 Å². The topological polar surface area (TPSA) is 63.5 Å². The first-order valence-electron chi connectivity index (χ1n) is 7.63. The molecule has 23 heavy (non-hydrogen) atoms. The molecular formula is C17H25N5O. The van der Waals surface area contributed by atoms with Crippen LogP contribution in [-0.2, 0) is 11.3 Å². The standard InChI is InChI=1S/C17H25N5O/c1-17(2,23-4)13-20-16(18-3)19-12-14-6-8-15(9-7-14)22-11-5-10-21-22/h5-11H,12-13H2,1-4H3,(H2,18,19,20). The first-order chi connectivity index (χ1) is 11.0. The quantitative estimate of drug-likeness (QED) is 0.632. The number of ether oxygens (including phenoxy) is 1. The van der Waals surface area contributed by atoms with Gasteiger partial charge in [-0.2, -0.15) is 5.10 Å². The van der Waals surface area contributed by atoms with E-state index in [1.807, 2.05) is 42.9 Å². The molecule has 2 rings (SSSR count). The molecule has 0 aliphatic heterocycles. The van der Waals surface area contributed by atoms with Crippen molar-refractivity contribution in [2.45, 2.75) is 26.0 Å². The van der Waals surface area contributed by atoms with Crippen LogP contribution in [0, 0.1) is 0 Å². The Balaban J connectivity index is 1.87. The van der Waals surface area contributed by atoms with Gasteiger partial charge in [0.1, 0.15) is 0 Å². The maximum absolute atomic E-state index is 5.39. The molecule has 0 spiro atoms. The lowest BCUT2D eigenvalue weighted by atomic mass is 10.1. The molecule has 1 aromatic carbocycles. The van der Waals surface area contributed by atoms with Crippen molar-refractivity contribution in [2.24, 2.45) is 4.99 Å². The van der Waals surface area contributed by atoms with E-state index >= 15 is 0 Å². The van der Waals surface area contributed by atoms with Crippen molar-refractivity contribution in [3.8, 4) is 5.69 Å². The van der Waals surface area contributed by atoms with Crippen molar-refractivity contribution in [1.29, 1.82) is 0 Å². The molecule has 0 fully saturated rings. The highest BCUT2D eigenvalue weighted by molar-refractivity contribution is 5.79. The summed E-state index contributed by atoms with van der Waals surface area (Å²) in [6.45, 7) is 5.44. The van der Waals surface area contributed by atoms with E-state index in [-0.39, 0.29) is 5.60 Å². The Kier molecular flexibility index (Phi) is 5.76. The smallest absolute Gasteiger partial charge is 0.191 e. The highest BCUT2D eigenvalue weighted by Gasteiger charge is 2.16. The summed E-state index contributed by atoms with van der Waals surface area (Å²) in [4.78, 5) is 4.22. The largest absolute Gasteiger partial charge is 0.377 e. The molecule has 0 saturated heterocycles. The molecule has 0 saturated carbocycles. The Hall–Kier alpha value is -2.34. The van der Waals surface area contributed by atoms with Crippen molar-refractivity contribution in [2.75, 3.05) is 20.7 Å². The number of rotatable bonds is 6. The van der Waals surface area contributed by atoms with Gasteiger partial charge in [-0.25, -0.2) is 4.68 Å². The van der Waals surface area contributed by atoms with Gasteiger partial charge in [0, 0.05) is 39.6 Å². The average Bonchev–Trinajstić information content (AvgIpc) is 3.10. The van der Waals surface area contributed by atoms with Crippen molar-refractivity contribution in [1.82, 2.24) is 20.4 Å². The maximum Gasteiger partial charge on any atom is 0.191 e. The fraction of sp³-hybridized carbons (Fsp3) is 0.412. The summed E-state index contributed by atoms with van der Waals surface area (Å²) in [6, 6.07) is 10.2. The third kappa shape index (κ3) is 5.10. The van der Waals surface area contributed by atoms with Gasteiger partial charge in [-0.3, -0.25) is 4.99 Å². The van der Waals surface area contributed by atoms with Gasteiger partial charge in [0.25, 0.3) is 0 Å². The Morgan fingerprint density at radius 3 is 2.57 bits per heavy atom. The summed E-state index contributed by atoms with van der Waals surface area (Å²) in [5.74, 6) is 0.756. The van der Waals surface area contributed by atoms with Crippen LogP contribution >= 0.6 is 0 Å². The minimum absolute atomic E-state index is 0.233. The lowest BCUT2D eigenvalue weighted by Crippen LogP contribution is -2.45.